The number of hydrogen-bond donors (Lipinski definition) is 1. The smallest absolute Gasteiger partial charge is 0.173 e. The fraction of sp³-hybridized carbons (Fsp3) is 0.353. The Balaban J connectivity index is 1.85. The SMILES string of the molecule is CCCNC(=S)N(Cc1cccs1)c1ccc2c(c1)OCCO2. The summed E-state index contributed by atoms with van der Waals surface area (Å²) in [6.45, 7) is 4.92. The van der Waals surface area contributed by atoms with Crippen molar-refractivity contribution in [3.05, 3.63) is 40.6 Å². The zero-order valence-electron chi connectivity index (χ0n) is 13.1. The van der Waals surface area contributed by atoms with Crippen molar-refractivity contribution in [2.75, 3.05) is 24.7 Å². The van der Waals surface area contributed by atoms with E-state index in [2.05, 4.69) is 34.7 Å². The molecule has 0 spiro atoms. The summed E-state index contributed by atoms with van der Waals surface area (Å²) in [7, 11) is 0. The molecule has 0 fully saturated rings. The Kier molecular flexibility index (Phi) is 5.35. The van der Waals surface area contributed by atoms with Crippen molar-refractivity contribution in [3.63, 3.8) is 0 Å². The van der Waals surface area contributed by atoms with Crippen LogP contribution in [0, 0.1) is 0 Å². The minimum absolute atomic E-state index is 0.583. The van der Waals surface area contributed by atoms with Crippen LogP contribution in [-0.2, 0) is 6.54 Å². The van der Waals surface area contributed by atoms with E-state index in [-0.39, 0.29) is 0 Å². The molecule has 122 valence electrons. The van der Waals surface area contributed by atoms with Crippen LogP contribution < -0.4 is 19.7 Å². The fourth-order valence-corrected chi connectivity index (χ4v) is 3.33. The van der Waals surface area contributed by atoms with Crippen LogP contribution in [0.5, 0.6) is 11.5 Å². The highest BCUT2D eigenvalue weighted by atomic mass is 32.1. The minimum Gasteiger partial charge on any atom is -0.486 e. The van der Waals surface area contributed by atoms with Crippen LogP contribution in [0.4, 0.5) is 5.69 Å². The number of anilines is 1. The van der Waals surface area contributed by atoms with Gasteiger partial charge in [0.1, 0.15) is 13.2 Å². The van der Waals surface area contributed by atoms with Gasteiger partial charge < -0.3 is 19.7 Å². The van der Waals surface area contributed by atoms with Crippen molar-refractivity contribution >= 4 is 34.4 Å². The second-order valence-electron chi connectivity index (χ2n) is 5.23. The van der Waals surface area contributed by atoms with Gasteiger partial charge in [-0.15, -0.1) is 11.3 Å². The number of nitrogens with one attached hydrogen (secondary N) is 1. The lowest BCUT2D eigenvalue weighted by molar-refractivity contribution is 0.171. The first kappa shape index (κ1) is 16.1. The standard InChI is InChI=1S/C17H20N2O2S2/c1-2-7-18-17(22)19(12-14-4-3-10-23-14)13-5-6-15-16(11-13)21-9-8-20-15/h3-6,10-11H,2,7-9,12H2,1H3,(H,18,22). The predicted molar refractivity (Wildman–Crippen MR) is 98.8 cm³/mol. The number of thiocarbonyl (C=S) groups is 1. The first-order chi connectivity index (χ1) is 11.3. The van der Waals surface area contributed by atoms with Gasteiger partial charge in [0.2, 0.25) is 0 Å². The largest absolute Gasteiger partial charge is 0.486 e. The molecule has 6 heteroatoms. The van der Waals surface area contributed by atoms with E-state index in [1.165, 1.54) is 4.88 Å². The third-order valence-electron chi connectivity index (χ3n) is 3.50. The average Bonchev–Trinajstić information content (AvgIpc) is 3.10. The molecule has 1 aromatic carbocycles. The van der Waals surface area contributed by atoms with Crippen molar-refractivity contribution in [1.29, 1.82) is 0 Å². The lowest BCUT2D eigenvalue weighted by Gasteiger charge is -2.27. The molecule has 1 N–H and O–H groups in total. The monoisotopic (exact) mass is 348 g/mol. The highest BCUT2D eigenvalue weighted by Gasteiger charge is 2.18. The number of fused-ring (bicyclic) bond motifs is 1. The summed E-state index contributed by atoms with van der Waals surface area (Å²) in [5.41, 5.74) is 1.01. The van der Waals surface area contributed by atoms with Crippen LogP contribution in [0.25, 0.3) is 0 Å². The Morgan fingerprint density at radius 3 is 2.83 bits per heavy atom. The summed E-state index contributed by atoms with van der Waals surface area (Å²) in [4.78, 5) is 3.37. The predicted octanol–water partition coefficient (Wildman–Crippen LogP) is 3.81. The van der Waals surface area contributed by atoms with Crippen LogP contribution in [0.1, 0.15) is 18.2 Å². The molecule has 4 nitrogen and oxygen atoms in total. The van der Waals surface area contributed by atoms with E-state index in [0.717, 1.165) is 41.8 Å². The highest BCUT2D eigenvalue weighted by molar-refractivity contribution is 7.80. The minimum atomic E-state index is 0.583. The molecular formula is C17H20N2O2S2. The van der Waals surface area contributed by atoms with Crippen molar-refractivity contribution in [2.45, 2.75) is 19.9 Å². The number of rotatable bonds is 5. The van der Waals surface area contributed by atoms with Gasteiger partial charge in [-0.1, -0.05) is 13.0 Å². The summed E-state index contributed by atoms with van der Waals surface area (Å²) >= 11 is 7.33. The third-order valence-corrected chi connectivity index (χ3v) is 4.73. The Hall–Kier alpha value is -1.79. The van der Waals surface area contributed by atoms with E-state index in [0.29, 0.717) is 13.2 Å². The maximum Gasteiger partial charge on any atom is 0.173 e. The third kappa shape index (κ3) is 3.95. The molecular weight excluding hydrogens is 328 g/mol. The van der Waals surface area contributed by atoms with Crippen LogP contribution in [0.3, 0.4) is 0 Å². The molecule has 0 radical (unpaired) electrons. The zero-order chi connectivity index (χ0) is 16.1. The molecule has 0 aliphatic carbocycles. The van der Waals surface area contributed by atoms with Crippen LogP contribution in [0.15, 0.2) is 35.7 Å². The van der Waals surface area contributed by atoms with Gasteiger partial charge in [-0.05, 0) is 42.2 Å². The molecule has 1 aliphatic rings. The fourth-order valence-electron chi connectivity index (χ4n) is 2.37. The van der Waals surface area contributed by atoms with Gasteiger partial charge >= 0.3 is 0 Å². The van der Waals surface area contributed by atoms with E-state index < -0.39 is 0 Å². The molecule has 0 bridgehead atoms. The van der Waals surface area contributed by atoms with E-state index in [9.17, 15) is 0 Å². The second-order valence-corrected chi connectivity index (χ2v) is 6.64. The summed E-state index contributed by atoms with van der Waals surface area (Å²) in [6, 6.07) is 10.2. The number of ether oxygens (including phenoxy) is 2. The lowest BCUT2D eigenvalue weighted by Crippen LogP contribution is -2.39. The van der Waals surface area contributed by atoms with Crippen LogP contribution in [-0.4, -0.2) is 24.9 Å². The van der Waals surface area contributed by atoms with Gasteiger partial charge in [0.25, 0.3) is 0 Å². The lowest BCUT2D eigenvalue weighted by atomic mass is 10.2. The summed E-state index contributed by atoms with van der Waals surface area (Å²) in [6.07, 6.45) is 1.04. The van der Waals surface area contributed by atoms with E-state index in [4.69, 9.17) is 21.7 Å². The van der Waals surface area contributed by atoms with E-state index in [1.807, 2.05) is 18.2 Å². The molecule has 0 unspecified atom stereocenters. The van der Waals surface area contributed by atoms with Crippen LogP contribution >= 0.6 is 23.6 Å². The maximum absolute atomic E-state index is 5.70. The zero-order valence-corrected chi connectivity index (χ0v) is 14.7. The highest BCUT2D eigenvalue weighted by Crippen LogP contribution is 2.34. The number of nitrogens with zero attached hydrogens (tertiary/aromatic N) is 1. The van der Waals surface area contributed by atoms with E-state index >= 15 is 0 Å². The molecule has 2 aromatic rings. The van der Waals surface area contributed by atoms with Crippen molar-refractivity contribution in [3.8, 4) is 11.5 Å². The topological polar surface area (TPSA) is 33.7 Å². The number of hydrogen-bond acceptors (Lipinski definition) is 4. The molecule has 0 saturated heterocycles. The van der Waals surface area contributed by atoms with Gasteiger partial charge in [-0.2, -0.15) is 0 Å². The Labute approximate surface area is 146 Å². The Morgan fingerprint density at radius 2 is 2.09 bits per heavy atom. The quantitative estimate of drug-likeness (QED) is 0.831. The van der Waals surface area contributed by atoms with Gasteiger partial charge in [-0.3, -0.25) is 0 Å². The first-order valence-corrected chi connectivity index (χ1v) is 9.04. The maximum atomic E-state index is 5.70. The first-order valence-electron chi connectivity index (χ1n) is 7.75. The molecule has 2 heterocycles. The van der Waals surface area contributed by atoms with Crippen molar-refractivity contribution in [2.24, 2.45) is 0 Å². The van der Waals surface area contributed by atoms with Gasteiger partial charge in [0.05, 0.1) is 6.54 Å². The van der Waals surface area contributed by atoms with Gasteiger partial charge in [-0.25, -0.2) is 0 Å². The number of thiophene rings is 1. The molecule has 23 heavy (non-hydrogen) atoms. The molecule has 0 amide bonds. The van der Waals surface area contributed by atoms with Gasteiger partial charge in [0.15, 0.2) is 16.6 Å². The Bertz CT molecular complexity index is 659. The molecule has 3 rings (SSSR count). The Morgan fingerprint density at radius 1 is 1.26 bits per heavy atom. The summed E-state index contributed by atoms with van der Waals surface area (Å²) < 4.78 is 11.3. The summed E-state index contributed by atoms with van der Waals surface area (Å²) in [5, 5.41) is 6.13. The summed E-state index contributed by atoms with van der Waals surface area (Å²) in [5.74, 6) is 1.58. The van der Waals surface area contributed by atoms with Crippen LogP contribution in [0.2, 0.25) is 0 Å². The van der Waals surface area contributed by atoms with Crippen molar-refractivity contribution in [1.82, 2.24) is 5.32 Å². The second kappa shape index (κ2) is 7.66. The average molecular weight is 348 g/mol. The van der Waals surface area contributed by atoms with Crippen molar-refractivity contribution < 1.29 is 9.47 Å². The molecule has 0 atom stereocenters. The van der Waals surface area contributed by atoms with E-state index in [1.54, 1.807) is 11.3 Å². The molecule has 1 aliphatic heterocycles. The normalized spacial score (nSPS) is 12.7. The molecule has 0 saturated carbocycles. The number of benzene rings is 1. The van der Waals surface area contributed by atoms with Gasteiger partial charge in [0, 0.05) is 23.2 Å². The molecule has 1 aromatic heterocycles.